The second kappa shape index (κ2) is 6.41. The molecule has 0 bridgehead atoms. The Kier molecular flexibility index (Phi) is 6.38. The third kappa shape index (κ3) is 4.43. The second-order valence-electron chi connectivity index (χ2n) is 4.81. The summed E-state index contributed by atoms with van der Waals surface area (Å²) in [6, 6.07) is 1.94. The fourth-order valence-corrected chi connectivity index (χ4v) is 1.92. The molecule has 0 saturated heterocycles. The van der Waals surface area contributed by atoms with E-state index in [0.29, 0.717) is 18.1 Å². The first-order valence-electron chi connectivity index (χ1n) is 5.86. The van der Waals surface area contributed by atoms with Gasteiger partial charge in [0.1, 0.15) is 0 Å². The van der Waals surface area contributed by atoms with Crippen molar-refractivity contribution in [3.8, 4) is 0 Å². The molecule has 0 rings (SSSR count). The molecule has 0 aromatic heterocycles. The summed E-state index contributed by atoms with van der Waals surface area (Å²) in [7, 11) is 2.20. The third-order valence-corrected chi connectivity index (χ3v) is 3.03. The van der Waals surface area contributed by atoms with Crippen LogP contribution in [-0.2, 0) is 0 Å². The quantitative estimate of drug-likeness (QED) is 0.650. The van der Waals surface area contributed by atoms with E-state index in [9.17, 15) is 0 Å². The highest BCUT2D eigenvalue weighted by Crippen LogP contribution is 2.07. The van der Waals surface area contributed by atoms with Crippen molar-refractivity contribution in [2.24, 2.45) is 0 Å². The van der Waals surface area contributed by atoms with Crippen molar-refractivity contribution in [2.45, 2.75) is 59.7 Å². The monoisotopic (exact) mass is 200 g/mol. The molecule has 0 fully saturated rings. The molecule has 0 unspecified atom stereocenters. The van der Waals surface area contributed by atoms with Crippen LogP contribution >= 0.6 is 0 Å². The van der Waals surface area contributed by atoms with E-state index in [2.05, 4.69) is 58.4 Å². The Morgan fingerprint density at radius 2 is 1.43 bits per heavy atom. The van der Waals surface area contributed by atoms with Gasteiger partial charge in [-0.1, -0.05) is 6.92 Å². The molecule has 0 heterocycles. The van der Waals surface area contributed by atoms with Crippen LogP contribution in [-0.4, -0.2) is 48.1 Å². The normalized spacial score (nSPS) is 14.8. The van der Waals surface area contributed by atoms with Crippen molar-refractivity contribution in [3.05, 3.63) is 0 Å². The molecule has 2 nitrogen and oxygen atoms in total. The van der Waals surface area contributed by atoms with Crippen molar-refractivity contribution in [1.29, 1.82) is 0 Å². The highest BCUT2D eigenvalue weighted by Gasteiger charge is 2.17. The molecule has 0 aromatic rings. The Morgan fingerprint density at radius 1 is 0.929 bits per heavy atom. The Hall–Kier alpha value is -0.0800. The van der Waals surface area contributed by atoms with Gasteiger partial charge in [0, 0.05) is 24.7 Å². The molecule has 1 atom stereocenters. The maximum absolute atomic E-state index is 2.54. The number of hydrogen-bond donors (Lipinski definition) is 0. The van der Waals surface area contributed by atoms with Gasteiger partial charge in [0.25, 0.3) is 0 Å². The molecule has 86 valence electrons. The Balaban J connectivity index is 4.10. The van der Waals surface area contributed by atoms with E-state index in [-0.39, 0.29) is 0 Å². The van der Waals surface area contributed by atoms with E-state index in [1.54, 1.807) is 0 Å². The summed E-state index contributed by atoms with van der Waals surface area (Å²) in [5, 5.41) is 0. The fourth-order valence-electron chi connectivity index (χ4n) is 1.92. The molecule has 2 heteroatoms. The van der Waals surface area contributed by atoms with E-state index in [4.69, 9.17) is 0 Å². The average Bonchev–Trinajstić information content (AvgIpc) is 2.04. The summed E-state index contributed by atoms with van der Waals surface area (Å²) >= 11 is 0. The maximum atomic E-state index is 2.54. The molecule has 0 N–H and O–H groups in total. The highest BCUT2D eigenvalue weighted by molar-refractivity contribution is 4.73. The van der Waals surface area contributed by atoms with Gasteiger partial charge in [0.15, 0.2) is 0 Å². The van der Waals surface area contributed by atoms with Crippen LogP contribution in [0.5, 0.6) is 0 Å². The zero-order valence-electron chi connectivity index (χ0n) is 11.0. The Bertz CT molecular complexity index is 143. The van der Waals surface area contributed by atoms with Crippen molar-refractivity contribution < 1.29 is 0 Å². The standard InChI is InChI=1S/C12H28N2/c1-8-14(11(4)5)12(6)9-13(7)10(2)3/h10-12H,8-9H2,1-7H3/t12-/m1/s1. The predicted octanol–water partition coefficient (Wildman–Crippen LogP) is 2.45. The van der Waals surface area contributed by atoms with Crippen LogP contribution in [0.25, 0.3) is 0 Å². The molecule has 0 aliphatic rings. The van der Waals surface area contributed by atoms with Gasteiger partial charge in [-0.2, -0.15) is 0 Å². The van der Waals surface area contributed by atoms with Crippen LogP contribution in [0.15, 0.2) is 0 Å². The van der Waals surface area contributed by atoms with E-state index < -0.39 is 0 Å². The first kappa shape index (κ1) is 13.9. The molecule has 0 aliphatic heterocycles. The molecule has 0 spiro atoms. The molecule has 0 radical (unpaired) electrons. The van der Waals surface area contributed by atoms with Gasteiger partial charge < -0.3 is 4.90 Å². The number of likely N-dealkylation sites (N-methyl/N-ethyl adjacent to an activating group) is 2. The van der Waals surface area contributed by atoms with E-state index >= 15 is 0 Å². The topological polar surface area (TPSA) is 6.48 Å². The van der Waals surface area contributed by atoms with Crippen molar-refractivity contribution in [1.82, 2.24) is 9.80 Å². The van der Waals surface area contributed by atoms with Gasteiger partial charge in [-0.15, -0.1) is 0 Å². The number of nitrogens with zero attached hydrogens (tertiary/aromatic N) is 2. The number of rotatable bonds is 6. The Labute approximate surface area is 90.3 Å². The minimum atomic E-state index is 0.642. The number of hydrogen-bond acceptors (Lipinski definition) is 2. The third-order valence-electron chi connectivity index (χ3n) is 3.03. The SMILES string of the molecule is CCN(C(C)C)[C@H](C)CN(C)C(C)C. The summed E-state index contributed by atoms with van der Waals surface area (Å²) in [4.78, 5) is 4.95. The Morgan fingerprint density at radius 3 is 1.71 bits per heavy atom. The van der Waals surface area contributed by atoms with Crippen LogP contribution < -0.4 is 0 Å². The lowest BCUT2D eigenvalue weighted by Crippen LogP contribution is -2.45. The zero-order chi connectivity index (χ0) is 11.3. The molecule has 0 aliphatic carbocycles. The van der Waals surface area contributed by atoms with Gasteiger partial charge >= 0.3 is 0 Å². The summed E-state index contributed by atoms with van der Waals surface area (Å²) in [5.74, 6) is 0. The van der Waals surface area contributed by atoms with E-state index in [1.165, 1.54) is 0 Å². The molecular formula is C12H28N2. The predicted molar refractivity (Wildman–Crippen MR) is 64.7 cm³/mol. The smallest absolute Gasteiger partial charge is 0.0197 e. The van der Waals surface area contributed by atoms with Gasteiger partial charge in [-0.3, -0.25) is 4.90 Å². The molecule has 0 aromatic carbocycles. The largest absolute Gasteiger partial charge is 0.302 e. The van der Waals surface area contributed by atoms with Crippen LogP contribution in [0, 0.1) is 0 Å². The van der Waals surface area contributed by atoms with Gasteiger partial charge in [0.05, 0.1) is 0 Å². The molecule has 0 saturated carbocycles. The first-order chi connectivity index (χ1) is 6.40. The lowest BCUT2D eigenvalue weighted by atomic mass is 10.2. The molecule has 0 amide bonds. The van der Waals surface area contributed by atoms with Crippen molar-refractivity contribution in [2.75, 3.05) is 20.1 Å². The average molecular weight is 200 g/mol. The van der Waals surface area contributed by atoms with E-state index in [0.717, 1.165) is 13.1 Å². The lowest BCUT2D eigenvalue weighted by Gasteiger charge is -2.35. The lowest BCUT2D eigenvalue weighted by molar-refractivity contribution is 0.125. The summed E-state index contributed by atoms with van der Waals surface area (Å²) < 4.78 is 0. The van der Waals surface area contributed by atoms with Crippen LogP contribution in [0.4, 0.5) is 0 Å². The summed E-state index contributed by atoms with van der Waals surface area (Å²) in [6.45, 7) is 15.9. The zero-order valence-corrected chi connectivity index (χ0v) is 11.0. The van der Waals surface area contributed by atoms with Crippen molar-refractivity contribution >= 4 is 0 Å². The molecular weight excluding hydrogens is 172 g/mol. The highest BCUT2D eigenvalue weighted by atomic mass is 15.2. The maximum Gasteiger partial charge on any atom is 0.0197 e. The van der Waals surface area contributed by atoms with Crippen molar-refractivity contribution in [3.63, 3.8) is 0 Å². The van der Waals surface area contributed by atoms with E-state index in [1.807, 2.05) is 0 Å². The van der Waals surface area contributed by atoms with Gasteiger partial charge in [0.2, 0.25) is 0 Å². The van der Waals surface area contributed by atoms with Crippen LogP contribution in [0.2, 0.25) is 0 Å². The summed E-state index contributed by atoms with van der Waals surface area (Å²) in [6.07, 6.45) is 0. The van der Waals surface area contributed by atoms with Crippen LogP contribution in [0.1, 0.15) is 41.5 Å². The molecule has 14 heavy (non-hydrogen) atoms. The second-order valence-corrected chi connectivity index (χ2v) is 4.81. The minimum absolute atomic E-state index is 0.642. The fraction of sp³-hybridized carbons (Fsp3) is 1.00. The van der Waals surface area contributed by atoms with Gasteiger partial charge in [-0.25, -0.2) is 0 Å². The van der Waals surface area contributed by atoms with Crippen LogP contribution in [0.3, 0.4) is 0 Å². The van der Waals surface area contributed by atoms with Gasteiger partial charge in [-0.05, 0) is 48.2 Å². The minimum Gasteiger partial charge on any atom is -0.302 e. The first-order valence-corrected chi connectivity index (χ1v) is 5.86. The summed E-state index contributed by atoms with van der Waals surface area (Å²) in [5.41, 5.74) is 0.